The molecular formula is C17H20F3N5O4. The summed E-state index contributed by atoms with van der Waals surface area (Å²) in [4.78, 5) is 27.4. The fraction of sp³-hybridized carbons (Fsp3) is 0.471. The molecule has 2 aromatic rings. The maximum absolute atomic E-state index is 10.7. The molecule has 158 valence electrons. The molecule has 0 unspecified atom stereocenters. The number of aliphatic carboxylic acids is 1. The summed E-state index contributed by atoms with van der Waals surface area (Å²) in [7, 11) is 0. The smallest absolute Gasteiger partial charge is 0.476 e. The maximum Gasteiger partial charge on any atom is 0.490 e. The Balaban J connectivity index is 0.000000370. The maximum atomic E-state index is 10.7. The molecule has 0 aliphatic heterocycles. The molecule has 0 aromatic carbocycles. The number of halogens is 3. The largest absolute Gasteiger partial charge is 0.490 e. The molecule has 1 aliphatic carbocycles. The fourth-order valence-electron chi connectivity index (χ4n) is 2.73. The second kappa shape index (κ2) is 9.85. The molecular weight excluding hydrogens is 395 g/mol. The van der Waals surface area contributed by atoms with Crippen LogP contribution in [-0.2, 0) is 11.2 Å². The van der Waals surface area contributed by atoms with Gasteiger partial charge in [0.1, 0.15) is 5.82 Å². The van der Waals surface area contributed by atoms with Crippen molar-refractivity contribution in [3.63, 3.8) is 0 Å². The average Bonchev–Trinajstić information content (AvgIpc) is 3.33. The predicted octanol–water partition coefficient (Wildman–Crippen LogP) is 2.77. The second-order valence-electron chi connectivity index (χ2n) is 6.30. The molecule has 2 aromatic heterocycles. The normalized spacial score (nSPS) is 14.2. The van der Waals surface area contributed by atoms with E-state index >= 15 is 0 Å². The van der Waals surface area contributed by atoms with Crippen LogP contribution in [0.3, 0.4) is 0 Å². The van der Waals surface area contributed by atoms with E-state index in [4.69, 9.17) is 15.0 Å². The highest BCUT2D eigenvalue weighted by Gasteiger charge is 2.38. The van der Waals surface area contributed by atoms with Gasteiger partial charge in [-0.1, -0.05) is 12.8 Å². The van der Waals surface area contributed by atoms with E-state index in [0.29, 0.717) is 18.4 Å². The Hall–Kier alpha value is -3.18. The third-order valence-corrected chi connectivity index (χ3v) is 4.16. The third-order valence-electron chi connectivity index (χ3n) is 4.16. The van der Waals surface area contributed by atoms with Gasteiger partial charge in [0.15, 0.2) is 5.69 Å². The highest BCUT2D eigenvalue weighted by atomic mass is 19.4. The average molecular weight is 415 g/mol. The van der Waals surface area contributed by atoms with Crippen LogP contribution in [0.2, 0.25) is 0 Å². The molecule has 0 spiro atoms. The first-order chi connectivity index (χ1) is 13.7. The van der Waals surface area contributed by atoms with E-state index in [2.05, 4.69) is 37.3 Å². The molecule has 3 N–H and O–H groups in total. The number of rotatable bonds is 6. The Labute approximate surface area is 163 Å². The summed E-state index contributed by atoms with van der Waals surface area (Å²) in [6.45, 7) is 0.683. The van der Waals surface area contributed by atoms with Gasteiger partial charge in [0.05, 0.1) is 24.1 Å². The van der Waals surface area contributed by atoms with Crippen LogP contribution in [0.15, 0.2) is 24.7 Å². The van der Waals surface area contributed by atoms with Crippen molar-refractivity contribution < 1.29 is 33.0 Å². The topological polar surface area (TPSA) is 130 Å². The lowest BCUT2D eigenvalue weighted by molar-refractivity contribution is -0.192. The molecule has 1 fully saturated rings. The van der Waals surface area contributed by atoms with E-state index in [1.165, 1.54) is 38.1 Å². The summed E-state index contributed by atoms with van der Waals surface area (Å²) < 4.78 is 33.8. The van der Waals surface area contributed by atoms with Crippen LogP contribution in [0.25, 0.3) is 0 Å². The zero-order valence-electron chi connectivity index (χ0n) is 15.3. The van der Waals surface area contributed by atoms with Crippen LogP contribution in [0.4, 0.5) is 19.0 Å². The number of aromatic carboxylic acids is 1. The monoisotopic (exact) mass is 415 g/mol. The van der Waals surface area contributed by atoms with Crippen LogP contribution in [-0.4, -0.2) is 54.6 Å². The Morgan fingerprint density at radius 1 is 1.17 bits per heavy atom. The Bertz CT molecular complexity index is 817. The SMILES string of the molecule is O=C(O)C(F)(F)F.O=C(O)c1cnc(NCCc2ccn(C3CCCC3)n2)cn1. The quantitative estimate of drug-likeness (QED) is 0.657. The van der Waals surface area contributed by atoms with Gasteiger partial charge < -0.3 is 15.5 Å². The molecule has 0 bridgehead atoms. The first kappa shape index (κ1) is 22.1. The molecule has 2 heterocycles. The standard InChI is InChI=1S/C15H19N5O2.C2HF3O2/c21-15(22)13-9-18-14(10-17-13)16-7-5-11-6-8-20(19-11)12-3-1-2-4-12;3-2(4,5)1(6)7/h6,8-10,12H,1-5,7H2,(H,16,18)(H,21,22);(H,6,7). The molecule has 1 saturated carbocycles. The van der Waals surface area contributed by atoms with Gasteiger partial charge in [-0.3, -0.25) is 4.68 Å². The number of nitrogens with one attached hydrogen (secondary N) is 1. The van der Waals surface area contributed by atoms with Gasteiger partial charge in [0, 0.05) is 19.2 Å². The van der Waals surface area contributed by atoms with E-state index in [1.54, 1.807) is 0 Å². The van der Waals surface area contributed by atoms with E-state index in [9.17, 15) is 18.0 Å². The van der Waals surface area contributed by atoms with E-state index < -0.39 is 18.1 Å². The molecule has 0 radical (unpaired) electrons. The molecule has 0 atom stereocenters. The lowest BCUT2D eigenvalue weighted by atomic mass is 10.3. The second-order valence-corrected chi connectivity index (χ2v) is 6.30. The van der Waals surface area contributed by atoms with E-state index in [0.717, 1.165) is 12.1 Å². The van der Waals surface area contributed by atoms with Crippen molar-refractivity contribution in [3.8, 4) is 0 Å². The molecule has 0 amide bonds. The van der Waals surface area contributed by atoms with E-state index in [1.807, 2.05) is 0 Å². The highest BCUT2D eigenvalue weighted by Crippen LogP contribution is 2.28. The van der Waals surface area contributed by atoms with Gasteiger partial charge >= 0.3 is 18.1 Å². The first-order valence-corrected chi connectivity index (χ1v) is 8.80. The first-order valence-electron chi connectivity index (χ1n) is 8.80. The molecule has 29 heavy (non-hydrogen) atoms. The minimum Gasteiger partial charge on any atom is -0.476 e. The lowest BCUT2D eigenvalue weighted by Crippen LogP contribution is -2.21. The van der Waals surface area contributed by atoms with Crippen LogP contribution in [0.5, 0.6) is 0 Å². The van der Waals surface area contributed by atoms with Crippen molar-refractivity contribution in [2.24, 2.45) is 0 Å². The molecule has 12 heteroatoms. The summed E-state index contributed by atoms with van der Waals surface area (Å²) in [6, 6.07) is 2.62. The van der Waals surface area contributed by atoms with Crippen molar-refractivity contribution in [2.75, 3.05) is 11.9 Å². The lowest BCUT2D eigenvalue weighted by Gasteiger charge is -2.09. The number of carbonyl (C=O) groups is 2. The van der Waals surface area contributed by atoms with Crippen molar-refractivity contribution in [1.82, 2.24) is 19.7 Å². The number of aromatic nitrogens is 4. The Kier molecular flexibility index (Phi) is 7.51. The molecule has 1 aliphatic rings. The molecule has 0 saturated heterocycles. The zero-order chi connectivity index (χ0) is 21.4. The highest BCUT2D eigenvalue weighted by molar-refractivity contribution is 5.84. The number of carboxylic acids is 2. The molecule has 3 rings (SSSR count). The number of nitrogens with zero attached hydrogens (tertiary/aromatic N) is 4. The zero-order valence-corrected chi connectivity index (χ0v) is 15.3. The van der Waals surface area contributed by atoms with E-state index in [-0.39, 0.29) is 5.69 Å². The van der Waals surface area contributed by atoms with Crippen LogP contribution in [0, 0.1) is 0 Å². The van der Waals surface area contributed by atoms with Crippen molar-refractivity contribution in [1.29, 1.82) is 0 Å². The summed E-state index contributed by atoms with van der Waals surface area (Å²) in [6.07, 6.45) is 5.50. The molecule has 9 nitrogen and oxygen atoms in total. The fourth-order valence-corrected chi connectivity index (χ4v) is 2.73. The van der Waals surface area contributed by atoms with Gasteiger partial charge in [-0.25, -0.2) is 19.6 Å². The van der Waals surface area contributed by atoms with Crippen LogP contribution < -0.4 is 5.32 Å². The Morgan fingerprint density at radius 2 is 1.83 bits per heavy atom. The predicted molar refractivity (Wildman–Crippen MR) is 94.6 cm³/mol. The van der Waals surface area contributed by atoms with Crippen molar-refractivity contribution in [2.45, 2.75) is 44.3 Å². The minimum absolute atomic E-state index is 0.0548. The Morgan fingerprint density at radius 3 is 2.34 bits per heavy atom. The number of hydrogen-bond donors (Lipinski definition) is 3. The van der Waals surface area contributed by atoms with Gasteiger partial charge in [-0.05, 0) is 18.9 Å². The van der Waals surface area contributed by atoms with Crippen LogP contribution in [0.1, 0.15) is 47.9 Å². The number of alkyl halides is 3. The third kappa shape index (κ3) is 7.05. The van der Waals surface area contributed by atoms with Gasteiger partial charge in [-0.2, -0.15) is 18.3 Å². The van der Waals surface area contributed by atoms with Gasteiger partial charge in [0.2, 0.25) is 0 Å². The van der Waals surface area contributed by atoms with Crippen molar-refractivity contribution >= 4 is 17.8 Å². The van der Waals surface area contributed by atoms with Gasteiger partial charge in [0.25, 0.3) is 0 Å². The summed E-state index contributed by atoms with van der Waals surface area (Å²) in [5.41, 5.74) is 0.996. The summed E-state index contributed by atoms with van der Waals surface area (Å²) in [5, 5.41) is 23.6. The number of anilines is 1. The number of hydrogen-bond acceptors (Lipinski definition) is 6. The van der Waals surface area contributed by atoms with Crippen molar-refractivity contribution in [3.05, 3.63) is 36.0 Å². The minimum atomic E-state index is -5.08. The van der Waals surface area contributed by atoms with Gasteiger partial charge in [-0.15, -0.1) is 0 Å². The van der Waals surface area contributed by atoms with Crippen LogP contribution >= 0.6 is 0 Å². The summed E-state index contributed by atoms with van der Waals surface area (Å²) in [5.74, 6) is -3.26. The number of carboxylic acid groups (broad SMARTS) is 2. The summed E-state index contributed by atoms with van der Waals surface area (Å²) >= 11 is 0.